The van der Waals surface area contributed by atoms with Gasteiger partial charge >= 0.3 is 0 Å². The molecular formula is C21H17N. The van der Waals surface area contributed by atoms with Crippen molar-refractivity contribution in [2.75, 3.05) is 0 Å². The number of hydrogen-bond donors (Lipinski definition) is 0. The Hall–Kier alpha value is -2.67. The Morgan fingerprint density at radius 1 is 0.773 bits per heavy atom. The fourth-order valence-electron chi connectivity index (χ4n) is 3.01. The molecule has 0 aromatic heterocycles. The standard InChI is InChI=1S/C21H17N/c1-15-7-9-16(10-8-15)18-11-12-19-20(14-22-21(19)13-18)17-5-3-2-4-6-17/h2-14,20H,1H3. The number of fused-ring (bicyclic) bond motifs is 1. The van der Waals surface area contributed by atoms with Gasteiger partial charge < -0.3 is 0 Å². The summed E-state index contributed by atoms with van der Waals surface area (Å²) in [6.45, 7) is 2.11. The number of hydrogen-bond acceptors (Lipinski definition) is 1. The van der Waals surface area contributed by atoms with E-state index in [1.54, 1.807) is 0 Å². The fourth-order valence-corrected chi connectivity index (χ4v) is 3.01. The van der Waals surface area contributed by atoms with Gasteiger partial charge in [0.05, 0.1) is 5.69 Å². The van der Waals surface area contributed by atoms with Crippen molar-refractivity contribution in [3.8, 4) is 11.1 Å². The molecule has 0 N–H and O–H groups in total. The van der Waals surface area contributed by atoms with E-state index < -0.39 is 0 Å². The maximum absolute atomic E-state index is 4.64. The van der Waals surface area contributed by atoms with Crippen LogP contribution in [0, 0.1) is 6.92 Å². The van der Waals surface area contributed by atoms with E-state index in [9.17, 15) is 0 Å². The summed E-state index contributed by atoms with van der Waals surface area (Å²) in [5, 5.41) is 0. The zero-order valence-corrected chi connectivity index (χ0v) is 12.5. The van der Waals surface area contributed by atoms with E-state index in [4.69, 9.17) is 0 Å². The van der Waals surface area contributed by atoms with Gasteiger partial charge in [-0.05, 0) is 35.2 Å². The van der Waals surface area contributed by atoms with E-state index in [1.165, 1.54) is 27.8 Å². The Morgan fingerprint density at radius 3 is 2.27 bits per heavy atom. The first kappa shape index (κ1) is 13.0. The quantitative estimate of drug-likeness (QED) is 0.588. The Balaban J connectivity index is 1.72. The molecular weight excluding hydrogens is 266 g/mol. The van der Waals surface area contributed by atoms with Crippen molar-refractivity contribution < 1.29 is 0 Å². The van der Waals surface area contributed by atoms with Crippen molar-refractivity contribution in [2.45, 2.75) is 12.8 Å². The second kappa shape index (κ2) is 5.27. The largest absolute Gasteiger partial charge is 0.260 e. The number of aryl methyl sites for hydroxylation is 1. The van der Waals surface area contributed by atoms with Gasteiger partial charge in [-0.1, -0.05) is 72.3 Å². The highest BCUT2D eigenvalue weighted by atomic mass is 14.8. The molecule has 106 valence electrons. The van der Waals surface area contributed by atoms with Crippen molar-refractivity contribution in [2.24, 2.45) is 4.99 Å². The predicted octanol–water partition coefficient (Wildman–Crippen LogP) is 5.51. The molecule has 0 amide bonds. The maximum Gasteiger partial charge on any atom is 0.0674 e. The van der Waals surface area contributed by atoms with Gasteiger partial charge in [0.25, 0.3) is 0 Å². The first-order valence-corrected chi connectivity index (χ1v) is 7.61. The lowest BCUT2D eigenvalue weighted by atomic mass is 9.91. The van der Waals surface area contributed by atoms with Crippen molar-refractivity contribution in [3.05, 3.63) is 89.5 Å². The van der Waals surface area contributed by atoms with Crippen molar-refractivity contribution >= 4 is 11.9 Å². The highest BCUT2D eigenvalue weighted by Crippen LogP contribution is 2.38. The summed E-state index contributed by atoms with van der Waals surface area (Å²) in [6.07, 6.45) is 2.05. The third-order valence-corrected chi connectivity index (χ3v) is 4.27. The lowest BCUT2D eigenvalue weighted by Crippen LogP contribution is -1.97. The molecule has 1 aliphatic heterocycles. The molecule has 1 heteroatoms. The smallest absolute Gasteiger partial charge is 0.0674 e. The molecule has 0 saturated carbocycles. The van der Waals surface area contributed by atoms with Gasteiger partial charge in [-0.25, -0.2) is 0 Å². The summed E-state index contributed by atoms with van der Waals surface area (Å²) in [5.74, 6) is 0.281. The van der Waals surface area contributed by atoms with Crippen LogP contribution in [0.3, 0.4) is 0 Å². The molecule has 0 aliphatic carbocycles. The van der Waals surface area contributed by atoms with Crippen molar-refractivity contribution in [1.82, 2.24) is 0 Å². The van der Waals surface area contributed by atoms with Gasteiger partial charge in [-0.3, -0.25) is 4.99 Å². The summed E-state index contributed by atoms with van der Waals surface area (Å²) in [5.41, 5.74) is 7.44. The van der Waals surface area contributed by atoms with E-state index in [0.29, 0.717) is 0 Å². The van der Waals surface area contributed by atoms with Gasteiger partial charge in [0, 0.05) is 12.1 Å². The molecule has 1 aliphatic rings. The van der Waals surface area contributed by atoms with Crippen LogP contribution in [0.5, 0.6) is 0 Å². The summed E-state index contributed by atoms with van der Waals surface area (Å²) < 4.78 is 0. The van der Waals surface area contributed by atoms with Crippen LogP contribution < -0.4 is 0 Å². The summed E-state index contributed by atoms with van der Waals surface area (Å²) >= 11 is 0. The second-order valence-electron chi connectivity index (χ2n) is 5.81. The number of nitrogens with zero attached hydrogens (tertiary/aromatic N) is 1. The van der Waals surface area contributed by atoms with Crippen LogP contribution in [0.1, 0.15) is 22.6 Å². The van der Waals surface area contributed by atoms with Gasteiger partial charge in [-0.15, -0.1) is 0 Å². The zero-order chi connectivity index (χ0) is 14.9. The Bertz CT molecular complexity index is 830. The topological polar surface area (TPSA) is 12.4 Å². The Labute approximate surface area is 131 Å². The van der Waals surface area contributed by atoms with E-state index in [1.807, 2.05) is 0 Å². The first-order valence-electron chi connectivity index (χ1n) is 7.61. The second-order valence-corrected chi connectivity index (χ2v) is 5.81. The maximum atomic E-state index is 4.64. The van der Waals surface area contributed by atoms with Gasteiger partial charge in [-0.2, -0.15) is 0 Å². The molecule has 0 spiro atoms. The molecule has 0 fully saturated rings. The molecule has 0 radical (unpaired) electrons. The SMILES string of the molecule is Cc1ccc(-c2ccc3c(c2)N=CC3c2ccccc2)cc1. The van der Waals surface area contributed by atoms with Crippen molar-refractivity contribution in [3.63, 3.8) is 0 Å². The minimum Gasteiger partial charge on any atom is -0.260 e. The number of aliphatic imine (C=N–C) groups is 1. The van der Waals surface area contributed by atoms with Crippen LogP contribution in [-0.2, 0) is 0 Å². The van der Waals surface area contributed by atoms with Crippen LogP contribution in [0.15, 0.2) is 77.8 Å². The van der Waals surface area contributed by atoms with Crippen LogP contribution in [0.25, 0.3) is 11.1 Å². The third kappa shape index (κ3) is 2.25. The lowest BCUT2D eigenvalue weighted by molar-refractivity contribution is 1.14. The number of benzene rings is 3. The summed E-state index contributed by atoms with van der Waals surface area (Å²) in [6, 6.07) is 25.8. The highest BCUT2D eigenvalue weighted by Gasteiger charge is 2.20. The van der Waals surface area contributed by atoms with Crippen LogP contribution in [0.2, 0.25) is 0 Å². The molecule has 0 saturated heterocycles. The normalized spacial score (nSPS) is 15.8. The minimum atomic E-state index is 0.281. The average Bonchev–Trinajstić information content (AvgIpc) is 2.99. The zero-order valence-electron chi connectivity index (χ0n) is 12.5. The molecule has 3 aromatic carbocycles. The molecule has 1 nitrogen and oxygen atoms in total. The van der Waals surface area contributed by atoms with Crippen LogP contribution >= 0.6 is 0 Å². The van der Waals surface area contributed by atoms with Gasteiger partial charge in [0.1, 0.15) is 0 Å². The van der Waals surface area contributed by atoms with Gasteiger partial charge in [0.2, 0.25) is 0 Å². The summed E-state index contributed by atoms with van der Waals surface area (Å²) in [4.78, 5) is 4.64. The molecule has 0 bridgehead atoms. The number of rotatable bonds is 2. The fraction of sp³-hybridized carbons (Fsp3) is 0.0952. The molecule has 1 atom stereocenters. The van der Waals surface area contributed by atoms with Crippen molar-refractivity contribution in [1.29, 1.82) is 0 Å². The molecule has 1 unspecified atom stereocenters. The molecule has 1 heterocycles. The van der Waals surface area contributed by atoms with E-state index >= 15 is 0 Å². The minimum absolute atomic E-state index is 0.281. The lowest BCUT2D eigenvalue weighted by Gasteiger charge is -2.11. The van der Waals surface area contributed by atoms with E-state index in [2.05, 4.69) is 90.9 Å². The monoisotopic (exact) mass is 283 g/mol. The summed E-state index contributed by atoms with van der Waals surface area (Å²) in [7, 11) is 0. The average molecular weight is 283 g/mol. The third-order valence-electron chi connectivity index (χ3n) is 4.27. The highest BCUT2D eigenvalue weighted by molar-refractivity contribution is 5.86. The molecule has 22 heavy (non-hydrogen) atoms. The Morgan fingerprint density at radius 2 is 1.50 bits per heavy atom. The molecule has 4 rings (SSSR count). The first-order chi connectivity index (χ1) is 10.8. The van der Waals surface area contributed by atoms with Gasteiger partial charge in [0.15, 0.2) is 0 Å². The Kier molecular flexibility index (Phi) is 3.12. The van der Waals surface area contributed by atoms with Crippen LogP contribution in [-0.4, -0.2) is 6.21 Å². The van der Waals surface area contributed by atoms with E-state index in [0.717, 1.165) is 5.69 Å². The predicted molar refractivity (Wildman–Crippen MR) is 93.1 cm³/mol. The van der Waals surface area contributed by atoms with E-state index in [-0.39, 0.29) is 5.92 Å². The molecule has 3 aromatic rings. The van der Waals surface area contributed by atoms with Crippen LogP contribution in [0.4, 0.5) is 5.69 Å².